The molecule has 6 heterocycles. The largest absolute Gasteiger partial charge is 0.456 e. The van der Waals surface area contributed by atoms with E-state index in [1.807, 2.05) is 97.1 Å². The molecule has 0 atom stereocenters. The maximum atomic E-state index is 6.92. The van der Waals surface area contributed by atoms with Gasteiger partial charge in [0, 0.05) is 88.8 Å². The van der Waals surface area contributed by atoms with Gasteiger partial charge in [-0.3, -0.25) is 0 Å². The second-order valence-electron chi connectivity index (χ2n) is 36.4. The molecule has 0 saturated heterocycles. The Morgan fingerprint density at radius 3 is 0.809 bits per heavy atom. The summed E-state index contributed by atoms with van der Waals surface area (Å²) in [5.74, 6) is 7.01. The lowest BCUT2D eigenvalue weighted by Gasteiger charge is -2.40. The standard InChI is InChI=1S/C51H32N2O.C41H26N2O.C39H24N2O2/c1-2-13-33(14-3-1)34-25-29-36(30-26-34)48-41-17-6-10-23-46(41)52-50(53-48)37-31-27-35(28-32-37)38-18-12-22-45-49(38)54-47-24-11-9-21-44(47)51(45)42-19-7-4-15-39(42)40-16-5-8-20-43(40)51;1-2-11-28(12-3-1)37-25-26-38(43-42-37)29-23-21-27(22-24-29)30-15-10-19-36-40(30)44-39-20-9-8-18-35(39)41(36)33-16-6-4-13-31(33)32-14-5-7-17-34(32)41;1-2-11-26(12-3-1)37-40-41-38(43-37)27-23-21-25(22-24-27)28-15-10-19-34-36(28)42-35-20-9-8-18-33(35)39(34)31-16-6-4-13-29(31)30-14-5-7-17-32(30)39/h1-32H;1-26H;1-24H. The van der Waals surface area contributed by atoms with Crippen molar-refractivity contribution in [3.63, 3.8) is 0 Å². The van der Waals surface area contributed by atoms with E-state index in [0.29, 0.717) is 17.6 Å². The molecule has 660 valence electrons. The number of rotatable bonds is 10. The van der Waals surface area contributed by atoms with Crippen LogP contribution < -0.4 is 14.2 Å². The quantitative estimate of drug-likeness (QED) is 0.131. The number of fused-ring (bicyclic) bond motifs is 28. The van der Waals surface area contributed by atoms with Crippen LogP contribution in [0.2, 0.25) is 0 Å². The molecule has 3 aliphatic heterocycles. The Hall–Kier alpha value is -18.6. The van der Waals surface area contributed by atoms with Gasteiger partial charge in [0.2, 0.25) is 11.8 Å². The van der Waals surface area contributed by atoms with Crippen molar-refractivity contribution in [3.8, 4) is 180 Å². The lowest BCUT2D eigenvalue weighted by atomic mass is 9.65. The number of hydrogen-bond donors (Lipinski definition) is 0. The van der Waals surface area contributed by atoms with Crippen molar-refractivity contribution in [1.82, 2.24) is 30.4 Å². The zero-order valence-electron chi connectivity index (χ0n) is 76.2. The average Bonchev–Trinajstić information content (AvgIpc) is 1.54. The molecule has 10 nitrogen and oxygen atoms in total. The highest BCUT2D eigenvalue weighted by atomic mass is 16.5. The Morgan fingerprint density at radius 1 is 0.163 bits per heavy atom. The first kappa shape index (κ1) is 81.9. The number of ether oxygens (including phenoxy) is 3. The Bertz CT molecular complexity index is 8730. The van der Waals surface area contributed by atoms with E-state index in [9.17, 15) is 0 Å². The third kappa shape index (κ3) is 13.0. The molecule has 3 spiro atoms. The molecule has 0 unspecified atom stereocenters. The fraction of sp³-hybridized carbons (Fsp3) is 0.0229. The minimum absolute atomic E-state index is 0.469. The first-order valence-electron chi connectivity index (χ1n) is 47.8. The van der Waals surface area contributed by atoms with Gasteiger partial charge in [0.1, 0.15) is 34.5 Å². The summed E-state index contributed by atoms with van der Waals surface area (Å²) < 4.78 is 26.6. The molecule has 29 rings (SSSR count). The molecular weight excluding hydrogens is 1720 g/mol. The summed E-state index contributed by atoms with van der Waals surface area (Å²) >= 11 is 0. The van der Waals surface area contributed by atoms with E-state index < -0.39 is 16.2 Å². The topological polar surface area (TPSA) is 118 Å². The van der Waals surface area contributed by atoms with E-state index in [4.69, 9.17) is 28.6 Å². The van der Waals surface area contributed by atoms with E-state index in [-0.39, 0.29) is 0 Å². The first-order valence-corrected chi connectivity index (χ1v) is 47.8. The number of para-hydroxylation sites is 7. The van der Waals surface area contributed by atoms with Crippen LogP contribution in [0.25, 0.3) is 157 Å². The number of hydrogen-bond acceptors (Lipinski definition) is 10. The van der Waals surface area contributed by atoms with Gasteiger partial charge in [-0.05, 0) is 155 Å². The van der Waals surface area contributed by atoms with Gasteiger partial charge < -0.3 is 18.6 Å². The van der Waals surface area contributed by atoms with Crippen molar-refractivity contribution in [2.24, 2.45) is 0 Å². The van der Waals surface area contributed by atoms with E-state index >= 15 is 0 Å². The number of aromatic nitrogens is 6. The fourth-order valence-electron chi connectivity index (χ4n) is 22.9. The van der Waals surface area contributed by atoms with Gasteiger partial charge in [-0.25, -0.2) is 9.97 Å². The van der Waals surface area contributed by atoms with Crippen LogP contribution >= 0.6 is 0 Å². The third-order valence-corrected chi connectivity index (χ3v) is 29.1. The second-order valence-corrected chi connectivity index (χ2v) is 36.4. The van der Waals surface area contributed by atoms with E-state index in [2.05, 4.69) is 421 Å². The zero-order chi connectivity index (χ0) is 93.1. The summed E-state index contributed by atoms with van der Waals surface area (Å²) in [6.07, 6.45) is 0. The van der Waals surface area contributed by atoms with Crippen LogP contribution in [0.5, 0.6) is 34.5 Å². The third-order valence-electron chi connectivity index (χ3n) is 29.1. The Morgan fingerprint density at radius 2 is 0.426 bits per heavy atom. The van der Waals surface area contributed by atoms with Crippen LogP contribution in [0, 0.1) is 0 Å². The Balaban J connectivity index is 0.000000107. The fourth-order valence-corrected chi connectivity index (χ4v) is 22.9. The summed E-state index contributed by atoms with van der Waals surface area (Å²) in [5, 5.41) is 18.6. The summed E-state index contributed by atoms with van der Waals surface area (Å²) in [4.78, 5) is 10.2. The highest BCUT2D eigenvalue weighted by Crippen LogP contribution is 2.67. The molecule has 141 heavy (non-hydrogen) atoms. The van der Waals surface area contributed by atoms with Crippen LogP contribution in [0.1, 0.15) is 66.8 Å². The van der Waals surface area contributed by atoms with E-state index in [1.54, 1.807) is 0 Å². The first-order chi connectivity index (χ1) is 69.9. The van der Waals surface area contributed by atoms with Crippen molar-refractivity contribution in [2.45, 2.75) is 16.2 Å². The minimum Gasteiger partial charge on any atom is -0.456 e. The summed E-state index contributed by atoms with van der Waals surface area (Å²) in [5.41, 5.74) is 39.0. The van der Waals surface area contributed by atoms with Crippen molar-refractivity contribution in [1.29, 1.82) is 0 Å². The van der Waals surface area contributed by atoms with Crippen molar-refractivity contribution in [2.75, 3.05) is 0 Å². The van der Waals surface area contributed by atoms with Gasteiger partial charge >= 0.3 is 0 Å². The second kappa shape index (κ2) is 33.4. The molecule has 0 bridgehead atoms. The monoisotopic (exact) mass is 1800 g/mol. The molecule has 0 amide bonds. The maximum absolute atomic E-state index is 6.92. The van der Waals surface area contributed by atoms with Gasteiger partial charge in [-0.15, -0.1) is 20.4 Å². The number of benzene rings is 20. The van der Waals surface area contributed by atoms with Crippen molar-refractivity contribution >= 4 is 10.9 Å². The molecule has 20 aromatic carbocycles. The lowest BCUT2D eigenvalue weighted by Crippen LogP contribution is -2.32. The molecule has 3 aromatic heterocycles. The predicted octanol–water partition coefficient (Wildman–Crippen LogP) is 32.3. The predicted molar refractivity (Wildman–Crippen MR) is 562 cm³/mol. The summed E-state index contributed by atoms with van der Waals surface area (Å²) in [7, 11) is 0. The smallest absolute Gasteiger partial charge is 0.248 e. The molecule has 3 aliphatic carbocycles. The van der Waals surface area contributed by atoms with Gasteiger partial charge in [-0.2, -0.15) is 0 Å². The highest BCUT2D eigenvalue weighted by molar-refractivity contribution is 5.97. The summed E-state index contributed by atoms with van der Waals surface area (Å²) in [6.45, 7) is 0. The molecule has 23 aromatic rings. The van der Waals surface area contributed by atoms with Gasteiger partial charge in [0.25, 0.3) is 0 Å². The maximum Gasteiger partial charge on any atom is 0.248 e. The summed E-state index contributed by atoms with van der Waals surface area (Å²) in [6, 6.07) is 175. The highest BCUT2D eigenvalue weighted by Gasteiger charge is 2.55. The van der Waals surface area contributed by atoms with Crippen LogP contribution in [-0.2, 0) is 16.2 Å². The lowest BCUT2D eigenvalue weighted by molar-refractivity contribution is 0.438. The molecule has 0 radical (unpaired) electrons. The van der Waals surface area contributed by atoms with E-state index in [1.165, 1.54) is 89.0 Å². The Kier molecular flexibility index (Phi) is 19.4. The van der Waals surface area contributed by atoms with Crippen LogP contribution in [0.4, 0.5) is 0 Å². The molecule has 0 saturated carbocycles. The minimum atomic E-state index is -0.498. The van der Waals surface area contributed by atoms with Gasteiger partial charge in [0.05, 0.1) is 38.8 Å². The molecular formula is C131H82N6O4. The Labute approximate surface area is 815 Å². The molecule has 10 heteroatoms. The molecule has 0 N–H and O–H groups in total. The average molecular weight is 1800 g/mol. The number of nitrogens with zero attached hydrogens (tertiary/aromatic N) is 6. The molecule has 6 aliphatic rings. The SMILES string of the molecule is c1ccc(-c2ccc(-c3ccc(-c4cccc5c4Oc4ccccc4C54c5ccccc5-c5ccccc54)cc3)nn2)cc1.c1ccc(-c2ccc(-c3nc(-c4ccc(-c5cccc6c5Oc5ccccc5C65c6ccccc6-c6ccccc65)cc4)nc4ccccc34)cc2)cc1.c1ccc(-c2nnc(-c3ccc(-c4cccc5c4Oc4ccccc4C54c5ccccc5-c5ccccc54)cc3)o2)cc1. The van der Waals surface area contributed by atoms with Crippen molar-refractivity contribution < 1.29 is 18.6 Å². The van der Waals surface area contributed by atoms with Gasteiger partial charge in [-0.1, -0.05) is 437 Å². The normalized spacial score (nSPS) is 13.3. The van der Waals surface area contributed by atoms with Crippen LogP contribution in [0.3, 0.4) is 0 Å². The van der Waals surface area contributed by atoms with E-state index in [0.717, 1.165) is 151 Å². The van der Waals surface area contributed by atoms with Crippen molar-refractivity contribution in [3.05, 3.63) is 564 Å². The van der Waals surface area contributed by atoms with Crippen LogP contribution in [0.15, 0.2) is 502 Å². The molecule has 0 fully saturated rings. The van der Waals surface area contributed by atoms with Gasteiger partial charge in [0.15, 0.2) is 5.82 Å². The zero-order valence-corrected chi connectivity index (χ0v) is 76.2. The van der Waals surface area contributed by atoms with Crippen LogP contribution in [-0.4, -0.2) is 30.4 Å².